The largest absolute Gasteiger partial charge is 0.392 e. The lowest BCUT2D eigenvalue weighted by atomic mass is 9.89. The number of aliphatic hydroxyl groups is 1. The molecular weight excluding hydrogens is 205 g/mol. The summed E-state index contributed by atoms with van der Waals surface area (Å²) in [5.41, 5.74) is 1.01. The molecule has 0 radical (unpaired) electrons. The van der Waals surface area contributed by atoms with Gasteiger partial charge in [-0.2, -0.15) is 0 Å². The summed E-state index contributed by atoms with van der Waals surface area (Å²) in [6, 6.07) is 6.40. The zero-order chi connectivity index (χ0) is 11.4. The van der Waals surface area contributed by atoms with Crippen LogP contribution in [0, 0.1) is 11.7 Å². The zero-order valence-electron chi connectivity index (χ0n) is 9.32. The molecule has 1 fully saturated rings. The van der Waals surface area contributed by atoms with E-state index in [-0.39, 0.29) is 11.9 Å². The second kappa shape index (κ2) is 5.41. The lowest BCUT2D eigenvalue weighted by Gasteiger charge is -2.27. The highest BCUT2D eigenvalue weighted by Gasteiger charge is 2.21. The van der Waals surface area contributed by atoms with Crippen molar-refractivity contribution in [1.29, 1.82) is 0 Å². The van der Waals surface area contributed by atoms with Crippen molar-refractivity contribution >= 4 is 0 Å². The molecule has 2 N–H and O–H groups in total. The lowest BCUT2D eigenvalue weighted by molar-refractivity contribution is 0.0890. The van der Waals surface area contributed by atoms with Gasteiger partial charge >= 0.3 is 0 Å². The molecule has 1 aromatic rings. The average molecular weight is 223 g/mol. The van der Waals surface area contributed by atoms with Gasteiger partial charge in [0.2, 0.25) is 0 Å². The van der Waals surface area contributed by atoms with Gasteiger partial charge in [0, 0.05) is 0 Å². The van der Waals surface area contributed by atoms with Gasteiger partial charge in [0.1, 0.15) is 5.82 Å². The highest BCUT2D eigenvalue weighted by molar-refractivity contribution is 5.17. The van der Waals surface area contributed by atoms with E-state index in [4.69, 9.17) is 0 Å². The fourth-order valence-corrected chi connectivity index (χ4v) is 2.26. The summed E-state index contributed by atoms with van der Waals surface area (Å²) in [5, 5.41) is 13.4. The van der Waals surface area contributed by atoms with E-state index in [2.05, 4.69) is 5.32 Å². The Kier molecular flexibility index (Phi) is 3.91. The Hall–Kier alpha value is -0.930. The standard InChI is InChI=1S/C13H18FNO/c14-12-3-1-10(2-4-12)9-13(16)11-5-7-15-8-6-11/h1-4,11,13,15-16H,5-9H2. The van der Waals surface area contributed by atoms with Gasteiger partial charge < -0.3 is 10.4 Å². The summed E-state index contributed by atoms with van der Waals surface area (Å²) in [6.45, 7) is 1.98. The van der Waals surface area contributed by atoms with E-state index in [0.717, 1.165) is 31.5 Å². The molecule has 0 spiro atoms. The third-order valence-electron chi connectivity index (χ3n) is 3.29. The van der Waals surface area contributed by atoms with Gasteiger partial charge in [-0.3, -0.25) is 0 Å². The topological polar surface area (TPSA) is 32.3 Å². The average Bonchev–Trinajstić information content (AvgIpc) is 2.33. The maximum absolute atomic E-state index is 12.7. The quantitative estimate of drug-likeness (QED) is 0.818. The summed E-state index contributed by atoms with van der Waals surface area (Å²) >= 11 is 0. The van der Waals surface area contributed by atoms with Crippen molar-refractivity contribution in [1.82, 2.24) is 5.32 Å². The number of benzene rings is 1. The predicted octanol–water partition coefficient (Wildman–Crippen LogP) is 1.73. The number of piperidine rings is 1. The molecule has 1 unspecified atom stereocenters. The van der Waals surface area contributed by atoms with Crippen LogP contribution < -0.4 is 5.32 Å². The summed E-state index contributed by atoms with van der Waals surface area (Å²) in [5.74, 6) is 0.159. The van der Waals surface area contributed by atoms with E-state index in [9.17, 15) is 9.50 Å². The molecule has 3 heteroatoms. The molecule has 1 heterocycles. The van der Waals surface area contributed by atoms with Gasteiger partial charge in [-0.15, -0.1) is 0 Å². The fourth-order valence-electron chi connectivity index (χ4n) is 2.26. The minimum Gasteiger partial charge on any atom is -0.392 e. The van der Waals surface area contributed by atoms with Crippen molar-refractivity contribution in [3.8, 4) is 0 Å². The van der Waals surface area contributed by atoms with Gasteiger partial charge in [0.15, 0.2) is 0 Å². The van der Waals surface area contributed by atoms with E-state index in [1.54, 1.807) is 12.1 Å². The minimum atomic E-state index is -0.299. The monoisotopic (exact) mass is 223 g/mol. The van der Waals surface area contributed by atoms with Crippen LogP contribution in [0.1, 0.15) is 18.4 Å². The second-order valence-corrected chi connectivity index (χ2v) is 4.49. The molecule has 0 saturated carbocycles. The second-order valence-electron chi connectivity index (χ2n) is 4.49. The summed E-state index contributed by atoms with van der Waals surface area (Å²) in [7, 11) is 0. The zero-order valence-corrected chi connectivity index (χ0v) is 9.32. The number of aliphatic hydroxyl groups excluding tert-OH is 1. The van der Waals surface area contributed by atoms with E-state index in [1.807, 2.05) is 0 Å². The molecule has 1 saturated heterocycles. The fraction of sp³-hybridized carbons (Fsp3) is 0.538. The van der Waals surface area contributed by atoms with Gasteiger partial charge in [0.25, 0.3) is 0 Å². The van der Waals surface area contributed by atoms with Crippen LogP contribution >= 0.6 is 0 Å². The molecular formula is C13H18FNO. The van der Waals surface area contributed by atoms with E-state index in [1.165, 1.54) is 12.1 Å². The maximum atomic E-state index is 12.7. The van der Waals surface area contributed by atoms with Crippen molar-refractivity contribution in [2.24, 2.45) is 5.92 Å². The molecule has 16 heavy (non-hydrogen) atoms. The summed E-state index contributed by atoms with van der Waals surface area (Å²) in [4.78, 5) is 0. The smallest absolute Gasteiger partial charge is 0.123 e. The minimum absolute atomic E-state index is 0.222. The van der Waals surface area contributed by atoms with Crippen molar-refractivity contribution in [3.05, 3.63) is 35.6 Å². The first-order valence-electron chi connectivity index (χ1n) is 5.89. The summed E-state index contributed by atoms with van der Waals surface area (Å²) in [6.07, 6.45) is 2.39. The normalized spacial score (nSPS) is 19.6. The van der Waals surface area contributed by atoms with Crippen molar-refractivity contribution < 1.29 is 9.50 Å². The molecule has 1 aliphatic rings. The van der Waals surface area contributed by atoms with Crippen molar-refractivity contribution in [2.75, 3.05) is 13.1 Å². The van der Waals surface area contributed by atoms with Crippen LogP contribution in [0.15, 0.2) is 24.3 Å². The lowest BCUT2D eigenvalue weighted by Crippen LogP contribution is -2.34. The van der Waals surface area contributed by atoms with Crippen LogP contribution in [0.3, 0.4) is 0 Å². The Labute approximate surface area is 95.5 Å². The van der Waals surface area contributed by atoms with Gasteiger partial charge in [-0.05, 0) is 56.0 Å². The highest BCUT2D eigenvalue weighted by atomic mass is 19.1. The van der Waals surface area contributed by atoms with Crippen LogP contribution in [0.5, 0.6) is 0 Å². The molecule has 2 nitrogen and oxygen atoms in total. The Morgan fingerprint density at radius 1 is 1.25 bits per heavy atom. The SMILES string of the molecule is OC(Cc1ccc(F)cc1)C1CCNCC1. The third-order valence-corrected chi connectivity index (χ3v) is 3.29. The molecule has 1 aliphatic heterocycles. The first-order valence-corrected chi connectivity index (χ1v) is 5.89. The van der Waals surface area contributed by atoms with Crippen molar-refractivity contribution in [2.45, 2.75) is 25.4 Å². The Morgan fingerprint density at radius 2 is 1.88 bits per heavy atom. The van der Waals surface area contributed by atoms with E-state index in [0.29, 0.717) is 12.3 Å². The highest BCUT2D eigenvalue weighted by Crippen LogP contribution is 2.19. The number of hydrogen-bond donors (Lipinski definition) is 2. The van der Waals surface area contributed by atoms with Crippen LogP contribution in [-0.2, 0) is 6.42 Å². The maximum Gasteiger partial charge on any atom is 0.123 e. The molecule has 0 aliphatic carbocycles. The summed E-state index contributed by atoms with van der Waals surface area (Å²) < 4.78 is 12.7. The first kappa shape index (κ1) is 11.6. The van der Waals surface area contributed by atoms with Crippen LogP contribution in [0.25, 0.3) is 0 Å². The van der Waals surface area contributed by atoms with Gasteiger partial charge in [-0.25, -0.2) is 4.39 Å². The van der Waals surface area contributed by atoms with Crippen molar-refractivity contribution in [3.63, 3.8) is 0 Å². The third kappa shape index (κ3) is 3.03. The van der Waals surface area contributed by atoms with Crippen LogP contribution in [-0.4, -0.2) is 24.3 Å². The van der Waals surface area contributed by atoms with Crippen LogP contribution in [0.4, 0.5) is 4.39 Å². The Balaban J connectivity index is 1.90. The molecule has 88 valence electrons. The Bertz CT molecular complexity index is 319. The molecule has 1 aromatic carbocycles. The van der Waals surface area contributed by atoms with Gasteiger partial charge in [-0.1, -0.05) is 12.1 Å². The number of halogens is 1. The molecule has 2 rings (SSSR count). The first-order chi connectivity index (χ1) is 7.75. The molecule has 0 bridgehead atoms. The molecule has 1 atom stereocenters. The number of hydrogen-bond acceptors (Lipinski definition) is 2. The number of rotatable bonds is 3. The van der Waals surface area contributed by atoms with E-state index < -0.39 is 0 Å². The molecule has 0 amide bonds. The van der Waals surface area contributed by atoms with E-state index >= 15 is 0 Å². The van der Waals surface area contributed by atoms with Crippen LogP contribution in [0.2, 0.25) is 0 Å². The number of nitrogens with one attached hydrogen (secondary N) is 1. The Morgan fingerprint density at radius 3 is 2.50 bits per heavy atom. The van der Waals surface area contributed by atoms with Gasteiger partial charge in [0.05, 0.1) is 6.10 Å². The molecule has 0 aromatic heterocycles. The predicted molar refractivity (Wildman–Crippen MR) is 61.7 cm³/mol.